The van der Waals surface area contributed by atoms with E-state index in [2.05, 4.69) is 24.1 Å². The van der Waals surface area contributed by atoms with Crippen molar-refractivity contribution in [2.24, 2.45) is 0 Å². The van der Waals surface area contributed by atoms with Crippen LogP contribution in [0.5, 0.6) is 0 Å². The van der Waals surface area contributed by atoms with Crippen LogP contribution in [0.4, 0.5) is 0 Å². The van der Waals surface area contributed by atoms with Crippen molar-refractivity contribution in [3.05, 3.63) is 21.4 Å². The van der Waals surface area contributed by atoms with E-state index in [1.807, 2.05) is 17.9 Å². The summed E-state index contributed by atoms with van der Waals surface area (Å²) in [6, 6.07) is 2.02. The number of hydrogen-bond acceptors (Lipinski definition) is 4. The molecule has 1 saturated heterocycles. The molecule has 2 heterocycles. The van der Waals surface area contributed by atoms with Gasteiger partial charge >= 0.3 is 0 Å². The highest BCUT2D eigenvalue weighted by atomic mass is 32.1. The fourth-order valence-corrected chi connectivity index (χ4v) is 4.00. The first-order chi connectivity index (χ1) is 11.0. The predicted molar refractivity (Wildman–Crippen MR) is 94.1 cm³/mol. The summed E-state index contributed by atoms with van der Waals surface area (Å²) < 4.78 is 0. The van der Waals surface area contributed by atoms with Gasteiger partial charge < -0.3 is 10.2 Å². The number of carbonyl (C=O) groups is 2. The van der Waals surface area contributed by atoms with Crippen LogP contribution in [0.25, 0.3) is 0 Å². The number of hydrogen-bond donors (Lipinski definition) is 1. The van der Waals surface area contributed by atoms with Gasteiger partial charge in [0.1, 0.15) is 0 Å². The molecule has 1 aromatic heterocycles. The van der Waals surface area contributed by atoms with Crippen LogP contribution < -0.4 is 5.32 Å². The minimum atomic E-state index is 0.0637. The Kier molecular flexibility index (Phi) is 6.59. The van der Waals surface area contributed by atoms with Gasteiger partial charge in [0.15, 0.2) is 0 Å². The number of nitrogens with one attached hydrogen (secondary N) is 1. The second-order valence-corrected chi connectivity index (χ2v) is 7.08. The summed E-state index contributed by atoms with van der Waals surface area (Å²) >= 11 is 1.62. The first kappa shape index (κ1) is 17.9. The van der Waals surface area contributed by atoms with Crippen molar-refractivity contribution in [3.63, 3.8) is 0 Å². The average Bonchev–Trinajstić information content (AvgIpc) is 2.75. The smallest absolute Gasteiger partial charge is 0.263 e. The van der Waals surface area contributed by atoms with Gasteiger partial charge in [-0.05, 0) is 38.3 Å². The summed E-state index contributed by atoms with van der Waals surface area (Å²) in [6.07, 6.45) is 1.89. The number of carbonyl (C=O) groups excluding carboxylic acids is 2. The van der Waals surface area contributed by atoms with Gasteiger partial charge in [-0.25, -0.2) is 0 Å². The number of nitrogens with zero attached hydrogens (tertiary/aromatic N) is 2. The van der Waals surface area contributed by atoms with Crippen molar-refractivity contribution in [1.82, 2.24) is 15.1 Å². The highest BCUT2D eigenvalue weighted by Crippen LogP contribution is 2.24. The number of rotatable bonds is 5. The normalized spacial score (nSPS) is 16.2. The maximum absolute atomic E-state index is 12.7. The van der Waals surface area contributed by atoms with Crippen LogP contribution >= 0.6 is 11.3 Å². The van der Waals surface area contributed by atoms with E-state index in [1.165, 1.54) is 10.4 Å². The van der Waals surface area contributed by atoms with Gasteiger partial charge in [0, 0.05) is 37.6 Å². The predicted octanol–water partition coefficient (Wildman–Crippen LogP) is 1.90. The maximum atomic E-state index is 12.7. The SMILES string of the molecule is CCNC(=O)CN1CCCN(C(=O)c2cc(C)c(CC)s2)CC1. The lowest BCUT2D eigenvalue weighted by Crippen LogP contribution is -2.39. The second kappa shape index (κ2) is 8.45. The minimum Gasteiger partial charge on any atom is -0.355 e. The zero-order chi connectivity index (χ0) is 16.8. The first-order valence-corrected chi connectivity index (χ1v) is 9.24. The van der Waals surface area contributed by atoms with E-state index in [4.69, 9.17) is 0 Å². The van der Waals surface area contributed by atoms with Gasteiger partial charge in [-0.15, -0.1) is 11.3 Å². The molecule has 2 amide bonds. The average molecular weight is 337 g/mol. The van der Waals surface area contributed by atoms with Gasteiger partial charge in [0.25, 0.3) is 5.91 Å². The molecule has 5 nitrogen and oxygen atoms in total. The minimum absolute atomic E-state index is 0.0637. The van der Waals surface area contributed by atoms with Crippen LogP contribution in [0.2, 0.25) is 0 Å². The molecule has 128 valence electrons. The van der Waals surface area contributed by atoms with Crippen molar-refractivity contribution in [2.45, 2.75) is 33.6 Å². The van der Waals surface area contributed by atoms with Crippen LogP contribution in [0.1, 0.15) is 40.4 Å². The number of thiophene rings is 1. The third-order valence-corrected chi connectivity index (χ3v) is 5.54. The van der Waals surface area contributed by atoms with E-state index in [1.54, 1.807) is 11.3 Å². The lowest BCUT2D eigenvalue weighted by Gasteiger charge is -2.21. The molecule has 0 radical (unpaired) electrons. The standard InChI is InChI=1S/C17H27N3O2S/c1-4-14-13(3)11-15(23-14)17(22)20-8-6-7-19(9-10-20)12-16(21)18-5-2/h11H,4-10,12H2,1-3H3,(H,18,21). The fraction of sp³-hybridized carbons (Fsp3) is 0.647. The molecule has 0 atom stereocenters. The van der Waals surface area contributed by atoms with Crippen molar-refractivity contribution in [3.8, 4) is 0 Å². The summed E-state index contributed by atoms with van der Waals surface area (Å²) in [4.78, 5) is 30.6. The van der Waals surface area contributed by atoms with Crippen LogP contribution in [-0.4, -0.2) is 60.9 Å². The van der Waals surface area contributed by atoms with Crippen LogP contribution in [0.15, 0.2) is 6.07 Å². The van der Waals surface area contributed by atoms with Crippen molar-refractivity contribution in [2.75, 3.05) is 39.3 Å². The summed E-state index contributed by atoms with van der Waals surface area (Å²) in [7, 11) is 0. The Morgan fingerprint density at radius 1 is 1.22 bits per heavy atom. The summed E-state index contributed by atoms with van der Waals surface area (Å²) in [6.45, 7) is 10.3. The Labute approximate surface area is 142 Å². The van der Waals surface area contributed by atoms with E-state index >= 15 is 0 Å². The lowest BCUT2D eigenvalue weighted by molar-refractivity contribution is -0.122. The fourth-order valence-electron chi connectivity index (χ4n) is 2.92. The van der Waals surface area contributed by atoms with Crippen molar-refractivity contribution >= 4 is 23.2 Å². The molecule has 1 aromatic rings. The molecule has 0 aromatic carbocycles. The Hall–Kier alpha value is -1.40. The largest absolute Gasteiger partial charge is 0.355 e. The zero-order valence-electron chi connectivity index (χ0n) is 14.4. The van der Waals surface area contributed by atoms with Gasteiger partial charge in [-0.1, -0.05) is 6.92 Å². The van der Waals surface area contributed by atoms with Gasteiger partial charge in [0.05, 0.1) is 11.4 Å². The molecule has 1 aliphatic heterocycles. The van der Waals surface area contributed by atoms with E-state index in [-0.39, 0.29) is 11.8 Å². The number of aryl methyl sites for hydroxylation is 2. The van der Waals surface area contributed by atoms with Gasteiger partial charge in [0.2, 0.25) is 5.91 Å². The molecule has 2 rings (SSSR count). The van der Waals surface area contributed by atoms with Crippen molar-refractivity contribution in [1.29, 1.82) is 0 Å². The van der Waals surface area contributed by atoms with Gasteiger partial charge in [-0.3, -0.25) is 14.5 Å². The number of likely N-dealkylation sites (N-methyl/N-ethyl adjacent to an activating group) is 1. The molecule has 6 heteroatoms. The Morgan fingerprint density at radius 2 is 2.00 bits per heavy atom. The first-order valence-electron chi connectivity index (χ1n) is 8.42. The zero-order valence-corrected chi connectivity index (χ0v) is 15.2. The van der Waals surface area contributed by atoms with E-state index in [9.17, 15) is 9.59 Å². The molecule has 1 aliphatic rings. The number of amides is 2. The monoisotopic (exact) mass is 337 g/mol. The molecule has 0 bridgehead atoms. The third kappa shape index (κ3) is 4.78. The summed E-state index contributed by atoms with van der Waals surface area (Å²) in [5.41, 5.74) is 1.22. The van der Waals surface area contributed by atoms with Gasteiger partial charge in [-0.2, -0.15) is 0 Å². The molecule has 0 spiro atoms. The van der Waals surface area contributed by atoms with Crippen LogP contribution in [0.3, 0.4) is 0 Å². The molecule has 0 saturated carbocycles. The molecule has 0 unspecified atom stereocenters. The molecular weight excluding hydrogens is 310 g/mol. The maximum Gasteiger partial charge on any atom is 0.263 e. The van der Waals surface area contributed by atoms with E-state index in [0.717, 1.165) is 37.4 Å². The lowest BCUT2D eigenvalue weighted by atomic mass is 10.2. The molecule has 1 fully saturated rings. The second-order valence-electron chi connectivity index (χ2n) is 5.95. The molecule has 0 aliphatic carbocycles. The highest BCUT2D eigenvalue weighted by Gasteiger charge is 2.22. The van der Waals surface area contributed by atoms with Crippen LogP contribution in [-0.2, 0) is 11.2 Å². The molecular formula is C17H27N3O2S. The summed E-state index contributed by atoms with van der Waals surface area (Å²) in [5, 5.41) is 2.83. The Balaban J connectivity index is 1.94. The molecule has 23 heavy (non-hydrogen) atoms. The topological polar surface area (TPSA) is 52.7 Å². The highest BCUT2D eigenvalue weighted by molar-refractivity contribution is 7.14. The van der Waals surface area contributed by atoms with E-state index in [0.29, 0.717) is 19.6 Å². The van der Waals surface area contributed by atoms with Crippen LogP contribution in [0, 0.1) is 6.92 Å². The van der Waals surface area contributed by atoms with E-state index < -0.39 is 0 Å². The third-order valence-electron chi connectivity index (χ3n) is 4.17. The quantitative estimate of drug-likeness (QED) is 0.893. The van der Waals surface area contributed by atoms with Crippen molar-refractivity contribution < 1.29 is 9.59 Å². The summed E-state index contributed by atoms with van der Waals surface area (Å²) in [5.74, 6) is 0.200. The Morgan fingerprint density at radius 3 is 2.65 bits per heavy atom. The Bertz CT molecular complexity index is 556. The molecule has 1 N–H and O–H groups in total.